The fraction of sp³-hybridized carbons (Fsp3) is 0.105. The number of carbonyl (C=O) groups excluding carboxylic acids is 1. The predicted octanol–water partition coefficient (Wildman–Crippen LogP) is 3.91. The lowest BCUT2D eigenvalue weighted by molar-refractivity contribution is -0.120. The van der Waals surface area contributed by atoms with Crippen molar-refractivity contribution in [1.82, 2.24) is 5.43 Å². The van der Waals surface area contributed by atoms with Crippen molar-refractivity contribution in [2.24, 2.45) is 5.10 Å². The normalized spacial score (nSPS) is 10.7. The summed E-state index contributed by atoms with van der Waals surface area (Å²) in [6.45, 7) is 0.401. The average Bonchev–Trinajstić information content (AvgIpc) is 2.61. The van der Waals surface area contributed by atoms with Gasteiger partial charge in [0, 0.05) is 10.0 Å². The molecule has 0 aromatic heterocycles. The number of amides is 1. The van der Waals surface area contributed by atoms with Crippen molar-refractivity contribution in [1.29, 1.82) is 5.26 Å². The standard InChI is InChI=1S/C19H16BrN3O2/c20-17-8-9-18(16(13-17)14-22-23-19(24)10-11-21)25-12-4-7-15-5-2-1-3-6-15/h1-9,13-14H,10,12H2,(H,23,24)/b7-4+,22-14?. The molecule has 0 aliphatic heterocycles. The molecule has 2 rings (SSSR count). The van der Waals surface area contributed by atoms with Gasteiger partial charge >= 0.3 is 0 Å². The van der Waals surface area contributed by atoms with E-state index in [1.807, 2.05) is 60.7 Å². The molecule has 0 aliphatic rings. The van der Waals surface area contributed by atoms with Crippen LogP contribution in [0.4, 0.5) is 0 Å². The highest BCUT2D eigenvalue weighted by molar-refractivity contribution is 9.10. The second-order valence-electron chi connectivity index (χ2n) is 4.93. The van der Waals surface area contributed by atoms with Crippen molar-refractivity contribution >= 4 is 34.1 Å². The molecule has 0 atom stereocenters. The van der Waals surface area contributed by atoms with E-state index in [4.69, 9.17) is 10.00 Å². The van der Waals surface area contributed by atoms with Gasteiger partial charge in [0.25, 0.3) is 5.91 Å². The Labute approximate surface area is 154 Å². The fourth-order valence-corrected chi connectivity index (χ4v) is 2.30. The van der Waals surface area contributed by atoms with Crippen LogP contribution in [-0.4, -0.2) is 18.7 Å². The monoisotopic (exact) mass is 397 g/mol. The van der Waals surface area contributed by atoms with E-state index in [0.29, 0.717) is 17.9 Å². The molecule has 6 heteroatoms. The lowest BCUT2D eigenvalue weighted by atomic mass is 10.2. The van der Waals surface area contributed by atoms with Crippen molar-refractivity contribution < 1.29 is 9.53 Å². The Balaban J connectivity index is 1.98. The molecule has 0 bridgehead atoms. The van der Waals surface area contributed by atoms with Gasteiger partial charge in [0.1, 0.15) is 18.8 Å². The van der Waals surface area contributed by atoms with E-state index >= 15 is 0 Å². The molecule has 0 spiro atoms. The Bertz CT molecular complexity index is 811. The number of hydrogen-bond donors (Lipinski definition) is 1. The van der Waals surface area contributed by atoms with Gasteiger partial charge in [-0.05, 0) is 29.8 Å². The first kappa shape index (κ1) is 18.4. The summed E-state index contributed by atoms with van der Waals surface area (Å²) in [6.07, 6.45) is 5.15. The topological polar surface area (TPSA) is 74.5 Å². The van der Waals surface area contributed by atoms with Gasteiger partial charge in [-0.15, -0.1) is 0 Å². The molecular formula is C19H16BrN3O2. The van der Waals surface area contributed by atoms with Crippen LogP contribution in [0.3, 0.4) is 0 Å². The van der Waals surface area contributed by atoms with Crippen molar-refractivity contribution in [2.45, 2.75) is 6.42 Å². The van der Waals surface area contributed by atoms with E-state index in [0.717, 1.165) is 10.0 Å². The number of benzene rings is 2. The number of nitriles is 1. The molecule has 2 aromatic carbocycles. The van der Waals surface area contributed by atoms with Gasteiger partial charge in [0.15, 0.2) is 0 Å². The van der Waals surface area contributed by atoms with E-state index < -0.39 is 5.91 Å². The fourth-order valence-electron chi connectivity index (χ4n) is 1.92. The Morgan fingerprint density at radius 1 is 1.28 bits per heavy atom. The summed E-state index contributed by atoms with van der Waals surface area (Å²) in [6, 6.07) is 17.2. The van der Waals surface area contributed by atoms with Crippen LogP contribution in [0.1, 0.15) is 17.5 Å². The first-order valence-electron chi connectivity index (χ1n) is 7.52. The molecule has 0 saturated heterocycles. The van der Waals surface area contributed by atoms with Gasteiger partial charge in [-0.2, -0.15) is 10.4 Å². The van der Waals surface area contributed by atoms with E-state index in [1.165, 1.54) is 6.21 Å². The Hall–Kier alpha value is -2.91. The van der Waals surface area contributed by atoms with Crippen molar-refractivity contribution in [3.05, 3.63) is 70.2 Å². The molecule has 5 nitrogen and oxygen atoms in total. The van der Waals surface area contributed by atoms with Gasteiger partial charge in [0.05, 0.1) is 12.3 Å². The number of nitrogens with one attached hydrogen (secondary N) is 1. The third-order valence-electron chi connectivity index (χ3n) is 3.05. The van der Waals surface area contributed by atoms with Gasteiger partial charge in [-0.3, -0.25) is 4.79 Å². The number of halogens is 1. The second kappa shape index (κ2) is 10.1. The Kier molecular flexibility index (Phi) is 7.41. The average molecular weight is 398 g/mol. The highest BCUT2D eigenvalue weighted by atomic mass is 79.9. The smallest absolute Gasteiger partial charge is 0.254 e. The molecule has 1 N–H and O–H groups in total. The van der Waals surface area contributed by atoms with Crippen LogP contribution in [-0.2, 0) is 4.79 Å². The van der Waals surface area contributed by atoms with E-state index in [-0.39, 0.29) is 6.42 Å². The summed E-state index contributed by atoms with van der Waals surface area (Å²) >= 11 is 3.39. The third kappa shape index (κ3) is 6.61. The second-order valence-corrected chi connectivity index (χ2v) is 5.85. The van der Waals surface area contributed by atoms with E-state index in [2.05, 4.69) is 26.5 Å². The van der Waals surface area contributed by atoms with Crippen LogP contribution in [0, 0.1) is 11.3 Å². The van der Waals surface area contributed by atoms with Gasteiger partial charge < -0.3 is 4.74 Å². The van der Waals surface area contributed by atoms with Gasteiger partial charge in [-0.1, -0.05) is 52.3 Å². The first-order valence-corrected chi connectivity index (χ1v) is 8.31. The van der Waals surface area contributed by atoms with Crippen LogP contribution in [0.2, 0.25) is 0 Å². The zero-order valence-corrected chi connectivity index (χ0v) is 14.9. The highest BCUT2D eigenvalue weighted by Gasteiger charge is 2.03. The molecule has 0 aliphatic carbocycles. The Morgan fingerprint density at radius 2 is 2.08 bits per heavy atom. The molecule has 0 unspecified atom stereocenters. The lowest BCUT2D eigenvalue weighted by Crippen LogP contribution is -2.16. The summed E-state index contributed by atoms with van der Waals surface area (Å²) in [5.74, 6) is 0.182. The largest absolute Gasteiger partial charge is 0.489 e. The van der Waals surface area contributed by atoms with Crippen molar-refractivity contribution in [2.75, 3.05) is 6.61 Å². The summed E-state index contributed by atoms with van der Waals surface area (Å²) in [7, 11) is 0. The number of ether oxygens (including phenoxy) is 1. The maximum Gasteiger partial charge on any atom is 0.254 e. The number of rotatable bonds is 7. The van der Waals surface area contributed by atoms with Gasteiger partial charge in [0.2, 0.25) is 0 Å². The maximum absolute atomic E-state index is 11.2. The Morgan fingerprint density at radius 3 is 2.84 bits per heavy atom. The molecule has 0 heterocycles. The first-order chi connectivity index (χ1) is 12.2. The maximum atomic E-state index is 11.2. The zero-order chi connectivity index (χ0) is 17.9. The minimum atomic E-state index is -0.456. The van der Waals surface area contributed by atoms with E-state index in [1.54, 1.807) is 6.07 Å². The molecule has 0 radical (unpaired) electrons. The number of nitrogens with zero attached hydrogens (tertiary/aromatic N) is 2. The lowest BCUT2D eigenvalue weighted by Gasteiger charge is -2.07. The summed E-state index contributed by atoms with van der Waals surface area (Å²) in [5, 5.41) is 12.3. The molecule has 0 saturated carbocycles. The quantitative estimate of drug-likeness (QED) is 0.568. The number of hydrogen-bond acceptors (Lipinski definition) is 4. The molecule has 2 aromatic rings. The summed E-state index contributed by atoms with van der Waals surface area (Å²) in [5.41, 5.74) is 4.10. The number of hydrazone groups is 1. The molecule has 126 valence electrons. The van der Waals surface area contributed by atoms with Crippen LogP contribution in [0.25, 0.3) is 6.08 Å². The van der Waals surface area contributed by atoms with Crippen molar-refractivity contribution in [3.63, 3.8) is 0 Å². The zero-order valence-electron chi connectivity index (χ0n) is 13.4. The predicted molar refractivity (Wildman–Crippen MR) is 101 cm³/mol. The minimum absolute atomic E-state index is 0.233. The number of carbonyl (C=O) groups is 1. The molecule has 0 fully saturated rings. The molecular weight excluding hydrogens is 382 g/mol. The van der Waals surface area contributed by atoms with E-state index in [9.17, 15) is 4.79 Å². The molecule has 25 heavy (non-hydrogen) atoms. The van der Waals surface area contributed by atoms with Crippen LogP contribution in [0.15, 0.2) is 64.2 Å². The van der Waals surface area contributed by atoms with Crippen LogP contribution in [0.5, 0.6) is 5.75 Å². The minimum Gasteiger partial charge on any atom is -0.489 e. The van der Waals surface area contributed by atoms with Crippen molar-refractivity contribution in [3.8, 4) is 11.8 Å². The summed E-state index contributed by atoms with van der Waals surface area (Å²) in [4.78, 5) is 11.2. The van der Waals surface area contributed by atoms with Crippen LogP contribution < -0.4 is 10.2 Å². The van der Waals surface area contributed by atoms with Crippen LogP contribution >= 0.6 is 15.9 Å². The SMILES string of the molecule is N#CCC(=O)NN=Cc1cc(Br)ccc1OC/C=C/c1ccccc1. The third-order valence-corrected chi connectivity index (χ3v) is 3.54. The summed E-state index contributed by atoms with van der Waals surface area (Å²) < 4.78 is 6.62. The molecule has 1 amide bonds. The van der Waals surface area contributed by atoms with Gasteiger partial charge in [-0.25, -0.2) is 5.43 Å². The highest BCUT2D eigenvalue weighted by Crippen LogP contribution is 2.22.